The zero-order valence-corrected chi connectivity index (χ0v) is 15.0. The highest BCUT2D eigenvalue weighted by atomic mass is 16.5. The van der Waals surface area contributed by atoms with E-state index in [0.717, 1.165) is 23.7 Å². The SMILES string of the molecule is Cc1cccc(O[C@@H](C)C(=O)N[C@@H]2C[C@H]3CC[C@@]2(C)C3(C)C)c1. The van der Waals surface area contributed by atoms with Gasteiger partial charge in [0, 0.05) is 6.04 Å². The second kappa shape index (κ2) is 5.54. The number of amides is 1. The van der Waals surface area contributed by atoms with E-state index in [1.807, 2.05) is 38.1 Å². The Balaban J connectivity index is 1.64. The Hall–Kier alpha value is -1.51. The molecule has 126 valence electrons. The van der Waals surface area contributed by atoms with Gasteiger partial charge in [-0.25, -0.2) is 0 Å². The highest BCUT2D eigenvalue weighted by Gasteiger charge is 2.61. The molecule has 0 aromatic heterocycles. The fourth-order valence-electron chi connectivity index (χ4n) is 4.66. The molecule has 23 heavy (non-hydrogen) atoms. The molecule has 3 rings (SSSR count). The molecule has 0 unspecified atom stereocenters. The molecule has 2 saturated carbocycles. The van der Waals surface area contributed by atoms with Gasteiger partial charge in [0.1, 0.15) is 5.75 Å². The maximum atomic E-state index is 12.6. The van der Waals surface area contributed by atoms with Gasteiger partial charge in [-0.15, -0.1) is 0 Å². The molecule has 2 fully saturated rings. The summed E-state index contributed by atoms with van der Waals surface area (Å²) >= 11 is 0. The van der Waals surface area contributed by atoms with E-state index in [4.69, 9.17) is 4.74 Å². The number of nitrogens with one attached hydrogen (secondary N) is 1. The fourth-order valence-corrected chi connectivity index (χ4v) is 4.66. The van der Waals surface area contributed by atoms with Crippen LogP contribution in [0.4, 0.5) is 0 Å². The molecule has 3 heteroatoms. The van der Waals surface area contributed by atoms with Crippen molar-refractivity contribution in [2.75, 3.05) is 0 Å². The molecule has 0 spiro atoms. The van der Waals surface area contributed by atoms with Crippen molar-refractivity contribution < 1.29 is 9.53 Å². The number of hydrogen-bond acceptors (Lipinski definition) is 2. The van der Waals surface area contributed by atoms with Gasteiger partial charge in [-0.3, -0.25) is 4.79 Å². The molecule has 0 aliphatic heterocycles. The summed E-state index contributed by atoms with van der Waals surface area (Å²) in [6.45, 7) is 10.9. The van der Waals surface area contributed by atoms with Crippen molar-refractivity contribution in [1.29, 1.82) is 0 Å². The van der Waals surface area contributed by atoms with E-state index in [1.54, 1.807) is 0 Å². The molecule has 3 nitrogen and oxygen atoms in total. The first-order chi connectivity index (χ1) is 10.7. The van der Waals surface area contributed by atoms with Crippen molar-refractivity contribution in [3.05, 3.63) is 29.8 Å². The topological polar surface area (TPSA) is 38.3 Å². The lowest BCUT2D eigenvalue weighted by Gasteiger charge is -2.39. The number of fused-ring (bicyclic) bond motifs is 2. The van der Waals surface area contributed by atoms with Crippen molar-refractivity contribution in [3.8, 4) is 5.75 Å². The second-order valence-corrected chi connectivity index (χ2v) is 8.25. The summed E-state index contributed by atoms with van der Waals surface area (Å²) in [5.74, 6) is 1.49. The standard InChI is InChI=1S/C20H29NO2/c1-13-7-6-8-16(11-13)23-14(2)18(22)21-17-12-15-9-10-20(17,5)19(15,3)4/h6-8,11,14-15,17H,9-10,12H2,1-5H3,(H,21,22)/t14-,15+,17+,20+/m0/s1. The Morgan fingerprint density at radius 3 is 2.65 bits per heavy atom. The Morgan fingerprint density at radius 1 is 1.35 bits per heavy atom. The van der Waals surface area contributed by atoms with Gasteiger partial charge in [-0.05, 0) is 67.6 Å². The average molecular weight is 315 g/mol. The predicted octanol–water partition coefficient (Wildman–Crippen LogP) is 4.09. The van der Waals surface area contributed by atoms with Crippen LogP contribution in [0.2, 0.25) is 0 Å². The van der Waals surface area contributed by atoms with Crippen LogP contribution in [-0.4, -0.2) is 18.1 Å². The third-order valence-corrected chi connectivity index (χ3v) is 6.78. The number of carbonyl (C=O) groups excluding carboxylic acids is 1. The zero-order chi connectivity index (χ0) is 16.8. The highest BCUT2D eigenvalue weighted by molar-refractivity contribution is 5.81. The zero-order valence-electron chi connectivity index (χ0n) is 15.0. The first-order valence-electron chi connectivity index (χ1n) is 8.78. The third kappa shape index (κ3) is 2.64. The molecule has 0 radical (unpaired) electrons. The number of aryl methyl sites for hydroxylation is 1. The Labute approximate surface area is 139 Å². The molecule has 2 aliphatic rings. The predicted molar refractivity (Wildman–Crippen MR) is 92.4 cm³/mol. The van der Waals surface area contributed by atoms with Gasteiger partial charge in [0.05, 0.1) is 0 Å². The van der Waals surface area contributed by atoms with E-state index < -0.39 is 6.10 Å². The first kappa shape index (κ1) is 16.4. The third-order valence-electron chi connectivity index (χ3n) is 6.78. The summed E-state index contributed by atoms with van der Waals surface area (Å²) in [5, 5.41) is 3.28. The number of rotatable bonds is 4. The molecule has 0 heterocycles. The Morgan fingerprint density at radius 2 is 2.09 bits per heavy atom. The molecule has 0 saturated heterocycles. The van der Waals surface area contributed by atoms with Crippen molar-refractivity contribution in [2.24, 2.45) is 16.7 Å². The van der Waals surface area contributed by atoms with E-state index in [1.165, 1.54) is 12.8 Å². The number of ether oxygens (including phenoxy) is 1. The van der Waals surface area contributed by atoms with Gasteiger partial charge in [-0.2, -0.15) is 0 Å². The normalized spacial score (nSPS) is 32.6. The van der Waals surface area contributed by atoms with Crippen LogP contribution in [0.15, 0.2) is 24.3 Å². The van der Waals surface area contributed by atoms with Crippen molar-refractivity contribution >= 4 is 5.91 Å². The second-order valence-electron chi connectivity index (χ2n) is 8.25. The molecule has 1 aromatic carbocycles. The molecule has 2 bridgehead atoms. The van der Waals surface area contributed by atoms with E-state index in [0.29, 0.717) is 5.41 Å². The molecule has 1 amide bonds. The van der Waals surface area contributed by atoms with Crippen LogP contribution >= 0.6 is 0 Å². The summed E-state index contributed by atoms with van der Waals surface area (Å²) < 4.78 is 5.82. The van der Waals surface area contributed by atoms with Crippen molar-refractivity contribution in [1.82, 2.24) is 5.32 Å². The largest absolute Gasteiger partial charge is 0.481 e. The van der Waals surface area contributed by atoms with Crippen molar-refractivity contribution in [2.45, 2.75) is 66.0 Å². The van der Waals surface area contributed by atoms with Crippen LogP contribution < -0.4 is 10.1 Å². The van der Waals surface area contributed by atoms with E-state index in [-0.39, 0.29) is 17.4 Å². The molecule has 4 atom stereocenters. The van der Waals surface area contributed by atoms with Gasteiger partial charge >= 0.3 is 0 Å². The monoisotopic (exact) mass is 315 g/mol. The summed E-state index contributed by atoms with van der Waals surface area (Å²) in [6.07, 6.45) is 3.14. The minimum absolute atomic E-state index is 0.00100. The van der Waals surface area contributed by atoms with E-state index >= 15 is 0 Å². The van der Waals surface area contributed by atoms with Crippen LogP contribution in [0.5, 0.6) is 5.75 Å². The van der Waals surface area contributed by atoms with Gasteiger partial charge in [-0.1, -0.05) is 32.9 Å². The van der Waals surface area contributed by atoms with E-state index in [9.17, 15) is 4.79 Å². The number of carbonyl (C=O) groups is 1. The van der Waals surface area contributed by atoms with Crippen LogP contribution in [0, 0.1) is 23.7 Å². The minimum atomic E-state index is -0.470. The summed E-state index contributed by atoms with van der Waals surface area (Å²) in [5.41, 5.74) is 1.65. The lowest BCUT2D eigenvalue weighted by atomic mass is 9.69. The summed E-state index contributed by atoms with van der Waals surface area (Å²) in [4.78, 5) is 12.6. The molecular weight excluding hydrogens is 286 g/mol. The molecule has 1 N–H and O–H groups in total. The lowest BCUT2D eigenvalue weighted by molar-refractivity contribution is -0.129. The smallest absolute Gasteiger partial charge is 0.261 e. The highest BCUT2D eigenvalue weighted by Crippen LogP contribution is 2.65. The summed E-state index contributed by atoms with van der Waals surface area (Å²) in [6, 6.07) is 8.11. The Kier molecular flexibility index (Phi) is 3.94. The first-order valence-corrected chi connectivity index (χ1v) is 8.78. The van der Waals surface area contributed by atoms with E-state index in [2.05, 4.69) is 26.1 Å². The van der Waals surface area contributed by atoms with Crippen LogP contribution in [0.25, 0.3) is 0 Å². The van der Waals surface area contributed by atoms with Crippen LogP contribution in [0.1, 0.15) is 52.5 Å². The number of benzene rings is 1. The average Bonchev–Trinajstić information content (AvgIpc) is 2.80. The van der Waals surface area contributed by atoms with Crippen LogP contribution in [-0.2, 0) is 4.79 Å². The summed E-state index contributed by atoms with van der Waals surface area (Å²) in [7, 11) is 0. The van der Waals surface area contributed by atoms with Crippen LogP contribution in [0.3, 0.4) is 0 Å². The Bertz CT molecular complexity index is 609. The van der Waals surface area contributed by atoms with Gasteiger partial charge in [0.25, 0.3) is 5.91 Å². The molecule has 2 aliphatic carbocycles. The fraction of sp³-hybridized carbons (Fsp3) is 0.650. The maximum Gasteiger partial charge on any atom is 0.261 e. The number of hydrogen-bond donors (Lipinski definition) is 1. The van der Waals surface area contributed by atoms with Gasteiger partial charge in [0.15, 0.2) is 6.10 Å². The maximum absolute atomic E-state index is 12.6. The van der Waals surface area contributed by atoms with Gasteiger partial charge < -0.3 is 10.1 Å². The molecular formula is C20H29NO2. The van der Waals surface area contributed by atoms with Crippen molar-refractivity contribution in [3.63, 3.8) is 0 Å². The minimum Gasteiger partial charge on any atom is -0.481 e. The quantitative estimate of drug-likeness (QED) is 0.908. The van der Waals surface area contributed by atoms with Gasteiger partial charge in [0.2, 0.25) is 0 Å². The molecule has 1 aromatic rings. The lowest BCUT2D eigenvalue weighted by Crippen LogP contribution is -2.50.